The Kier molecular flexibility index (Phi) is 5.36. The fourth-order valence-corrected chi connectivity index (χ4v) is 5.86. The molecule has 1 aromatic carbocycles. The molecule has 0 aliphatic carbocycles. The summed E-state index contributed by atoms with van der Waals surface area (Å²) in [5.41, 5.74) is 3.72. The lowest BCUT2D eigenvalue weighted by molar-refractivity contribution is 0.0632. The molecular formula is C25H23ClN6OS. The van der Waals surface area contributed by atoms with Crippen molar-refractivity contribution in [2.75, 3.05) is 26.2 Å². The molecule has 7 nitrogen and oxygen atoms in total. The molecule has 0 N–H and O–H groups in total. The Balaban J connectivity index is 1.17. The van der Waals surface area contributed by atoms with E-state index in [0.717, 1.165) is 57.5 Å². The number of amides is 1. The number of piperazine rings is 1. The zero-order valence-corrected chi connectivity index (χ0v) is 20.3. The third-order valence-corrected chi connectivity index (χ3v) is 7.71. The van der Waals surface area contributed by atoms with Gasteiger partial charge in [0, 0.05) is 50.5 Å². The van der Waals surface area contributed by atoms with Crippen molar-refractivity contribution in [2.24, 2.45) is 0 Å². The monoisotopic (exact) mass is 490 g/mol. The van der Waals surface area contributed by atoms with E-state index in [-0.39, 0.29) is 5.91 Å². The third kappa shape index (κ3) is 3.77. The Morgan fingerprint density at radius 3 is 2.68 bits per heavy atom. The first-order valence-corrected chi connectivity index (χ1v) is 12.4. The number of carbonyl (C=O) groups is 1. The van der Waals surface area contributed by atoms with E-state index in [0.29, 0.717) is 18.1 Å². The number of carbonyl (C=O) groups excluding carboxylic acids is 1. The summed E-state index contributed by atoms with van der Waals surface area (Å²) in [6, 6.07) is 15.6. The van der Waals surface area contributed by atoms with Gasteiger partial charge in [-0.15, -0.1) is 11.3 Å². The number of para-hydroxylation sites is 1. The number of nitrogens with zero attached hydrogens (tertiary/aromatic N) is 6. The van der Waals surface area contributed by atoms with Crippen LogP contribution in [0.15, 0.2) is 60.9 Å². The van der Waals surface area contributed by atoms with Gasteiger partial charge in [-0.1, -0.05) is 29.8 Å². The van der Waals surface area contributed by atoms with Gasteiger partial charge in [-0.25, -0.2) is 9.67 Å². The molecule has 4 aromatic heterocycles. The maximum atomic E-state index is 13.3. The topological polar surface area (TPSA) is 58.7 Å². The molecule has 5 heterocycles. The van der Waals surface area contributed by atoms with Crippen molar-refractivity contribution in [3.63, 3.8) is 0 Å². The minimum absolute atomic E-state index is 0.0821. The lowest BCUT2D eigenvalue weighted by atomic mass is 10.2. The molecular weight excluding hydrogens is 468 g/mol. The predicted molar refractivity (Wildman–Crippen MR) is 135 cm³/mol. The highest BCUT2D eigenvalue weighted by Crippen LogP contribution is 2.33. The molecule has 0 unspecified atom stereocenters. The first kappa shape index (κ1) is 21.3. The maximum absolute atomic E-state index is 13.3. The van der Waals surface area contributed by atoms with Gasteiger partial charge in [-0.05, 0) is 37.3 Å². The highest BCUT2D eigenvalue weighted by Gasteiger charge is 2.25. The summed E-state index contributed by atoms with van der Waals surface area (Å²) in [6.07, 6.45) is 4.09. The van der Waals surface area contributed by atoms with E-state index in [2.05, 4.69) is 16.2 Å². The molecule has 34 heavy (non-hydrogen) atoms. The Bertz CT molecular complexity index is 1480. The van der Waals surface area contributed by atoms with Gasteiger partial charge in [-0.3, -0.25) is 9.69 Å². The lowest BCUT2D eigenvalue weighted by Gasteiger charge is -2.34. The van der Waals surface area contributed by atoms with Gasteiger partial charge < -0.3 is 9.30 Å². The average molecular weight is 491 g/mol. The molecule has 1 fully saturated rings. The minimum atomic E-state index is 0.0821. The van der Waals surface area contributed by atoms with Crippen molar-refractivity contribution in [1.29, 1.82) is 0 Å². The summed E-state index contributed by atoms with van der Waals surface area (Å²) in [5, 5.41) is 6.30. The van der Waals surface area contributed by atoms with Gasteiger partial charge in [-0.2, -0.15) is 5.10 Å². The van der Waals surface area contributed by atoms with E-state index in [1.165, 1.54) is 11.3 Å². The van der Waals surface area contributed by atoms with E-state index in [1.807, 2.05) is 75.6 Å². The lowest BCUT2D eigenvalue weighted by Crippen LogP contribution is -2.48. The molecule has 6 rings (SSSR count). The molecule has 1 aliphatic heterocycles. The standard InChI is InChI=1S/C25H23ClN6OS/c1-17-19-14-22(34-25(19)32(28-17)21-7-3-2-6-20(21)26)24(33)30-12-10-29(11-13-30)15-18-16-31-9-5-4-8-23(31)27-18/h2-9,14,16H,10-13,15H2,1H3. The molecule has 0 atom stereocenters. The number of benzene rings is 1. The zero-order valence-electron chi connectivity index (χ0n) is 18.7. The van der Waals surface area contributed by atoms with Crippen molar-refractivity contribution in [1.82, 2.24) is 29.0 Å². The van der Waals surface area contributed by atoms with Crippen molar-refractivity contribution in [3.05, 3.63) is 82.2 Å². The molecule has 5 aromatic rings. The summed E-state index contributed by atoms with van der Waals surface area (Å²) in [4.78, 5) is 24.0. The zero-order chi connectivity index (χ0) is 23.2. The van der Waals surface area contributed by atoms with Crippen molar-refractivity contribution >= 4 is 44.7 Å². The predicted octanol–water partition coefficient (Wildman–Crippen LogP) is 4.65. The van der Waals surface area contributed by atoms with Crippen molar-refractivity contribution < 1.29 is 4.79 Å². The van der Waals surface area contributed by atoms with Crippen LogP contribution in [0.4, 0.5) is 0 Å². The van der Waals surface area contributed by atoms with E-state index in [9.17, 15) is 4.79 Å². The minimum Gasteiger partial charge on any atom is -0.335 e. The molecule has 1 saturated heterocycles. The number of hydrogen-bond donors (Lipinski definition) is 0. The summed E-state index contributed by atoms with van der Waals surface area (Å²) in [5.74, 6) is 0.0821. The number of imidazole rings is 1. The molecule has 172 valence electrons. The quantitative estimate of drug-likeness (QED) is 0.368. The molecule has 9 heteroatoms. The van der Waals surface area contributed by atoms with Gasteiger partial charge >= 0.3 is 0 Å². The molecule has 0 spiro atoms. The number of rotatable bonds is 4. The van der Waals surface area contributed by atoms with Crippen LogP contribution in [0.25, 0.3) is 21.6 Å². The Morgan fingerprint density at radius 2 is 1.88 bits per heavy atom. The second-order valence-electron chi connectivity index (χ2n) is 8.54. The third-order valence-electron chi connectivity index (χ3n) is 6.30. The largest absolute Gasteiger partial charge is 0.335 e. The van der Waals surface area contributed by atoms with E-state index >= 15 is 0 Å². The first-order chi connectivity index (χ1) is 16.6. The second kappa shape index (κ2) is 8.54. The fraction of sp³-hybridized carbons (Fsp3) is 0.240. The van der Waals surface area contributed by atoms with Crippen LogP contribution in [0.3, 0.4) is 0 Å². The number of aromatic nitrogens is 4. The SMILES string of the molecule is Cc1nn(-c2ccccc2Cl)c2sc(C(=O)N3CCN(Cc4cn5ccccc5n4)CC3)cc12. The number of halogens is 1. The van der Waals surface area contributed by atoms with Gasteiger partial charge in [0.2, 0.25) is 0 Å². The molecule has 1 aliphatic rings. The van der Waals surface area contributed by atoms with E-state index < -0.39 is 0 Å². The second-order valence-corrected chi connectivity index (χ2v) is 9.98. The molecule has 0 bridgehead atoms. The van der Waals surface area contributed by atoms with Gasteiger partial charge in [0.15, 0.2) is 0 Å². The highest BCUT2D eigenvalue weighted by molar-refractivity contribution is 7.20. The van der Waals surface area contributed by atoms with Crippen LogP contribution < -0.4 is 0 Å². The summed E-state index contributed by atoms with van der Waals surface area (Å²) in [6.45, 7) is 5.83. The van der Waals surface area contributed by atoms with E-state index in [4.69, 9.17) is 16.6 Å². The fourth-order valence-electron chi connectivity index (χ4n) is 4.50. The van der Waals surface area contributed by atoms with Gasteiger partial charge in [0.05, 0.1) is 27.0 Å². The number of pyridine rings is 1. The molecule has 1 amide bonds. The Hall–Kier alpha value is -3.20. The molecule has 0 saturated carbocycles. The average Bonchev–Trinajstić information content (AvgIpc) is 3.54. The van der Waals surface area contributed by atoms with Gasteiger partial charge in [0.1, 0.15) is 10.5 Å². The summed E-state index contributed by atoms with van der Waals surface area (Å²) in [7, 11) is 0. The Labute approximate surface area is 205 Å². The smallest absolute Gasteiger partial charge is 0.264 e. The van der Waals surface area contributed by atoms with Crippen LogP contribution in [0, 0.1) is 6.92 Å². The number of thiophene rings is 1. The maximum Gasteiger partial charge on any atom is 0.264 e. The van der Waals surface area contributed by atoms with Crippen LogP contribution in [0.2, 0.25) is 5.02 Å². The van der Waals surface area contributed by atoms with Crippen LogP contribution >= 0.6 is 22.9 Å². The van der Waals surface area contributed by atoms with Crippen molar-refractivity contribution in [2.45, 2.75) is 13.5 Å². The van der Waals surface area contributed by atoms with Crippen LogP contribution in [-0.2, 0) is 6.54 Å². The molecule has 0 radical (unpaired) electrons. The van der Waals surface area contributed by atoms with Crippen molar-refractivity contribution in [3.8, 4) is 5.69 Å². The van der Waals surface area contributed by atoms with Crippen LogP contribution in [-0.4, -0.2) is 61.1 Å². The highest BCUT2D eigenvalue weighted by atomic mass is 35.5. The number of fused-ring (bicyclic) bond motifs is 2. The number of aryl methyl sites for hydroxylation is 1. The normalized spacial score (nSPS) is 14.9. The Morgan fingerprint density at radius 1 is 1.09 bits per heavy atom. The van der Waals surface area contributed by atoms with E-state index in [1.54, 1.807) is 0 Å². The van der Waals surface area contributed by atoms with Crippen LogP contribution in [0.5, 0.6) is 0 Å². The first-order valence-electron chi connectivity index (χ1n) is 11.2. The summed E-state index contributed by atoms with van der Waals surface area (Å²) >= 11 is 7.89. The number of hydrogen-bond acceptors (Lipinski definition) is 5. The van der Waals surface area contributed by atoms with Gasteiger partial charge in [0.25, 0.3) is 5.91 Å². The summed E-state index contributed by atoms with van der Waals surface area (Å²) < 4.78 is 3.89. The van der Waals surface area contributed by atoms with Crippen LogP contribution in [0.1, 0.15) is 21.1 Å².